The quantitative estimate of drug-likeness (QED) is 0.786. The predicted molar refractivity (Wildman–Crippen MR) is 89.7 cm³/mol. The minimum atomic E-state index is -1.84. The minimum Gasteiger partial charge on any atom is -0.393 e. The Hall–Kier alpha value is -2.47. The van der Waals surface area contributed by atoms with Crippen LogP contribution >= 0.6 is 0 Å². The Labute approximate surface area is 139 Å². The molecule has 0 fully saturated rings. The van der Waals surface area contributed by atoms with Gasteiger partial charge in [0.1, 0.15) is 0 Å². The lowest BCUT2D eigenvalue weighted by Gasteiger charge is -2.24. The van der Waals surface area contributed by atoms with Crippen LogP contribution in [0.5, 0.6) is 0 Å². The number of aromatic amines is 1. The van der Waals surface area contributed by atoms with E-state index in [1.807, 2.05) is 6.07 Å². The molecular weight excluding hydrogens is 311 g/mol. The fourth-order valence-corrected chi connectivity index (χ4v) is 2.68. The van der Waals surface area contributed by atoms with Crippen LogP contribution in [0.25, 0.3) is 0 Å². The Morgan fingerprint density at radius 3 is 2.67 bits per heavy atom. The Balaban J connectivity index is 2.25. The summed E-state index contributed by atoms with van der Waals surface area (Å²) in [6.07, 6.45) is 1.35. The van der Waals surface area contributed by atoms with Crippen molar-refractivity contribution < 1.29 is 14.3 Å². The van der Waals surface area contributed by atoms with Crippen LogP contribution in [0.4, 0.5) is 4.39 Å². The van der Waals surface area contributed by atoms with Crippen molar-refractivity contribution in [3.8, 4) is 0 Å². The van der Waals surface area contributed by atoms with E-state index in [1.165, 1.54) is 25.3 Å². The fourth-order valence-electron chi connectivity index (χ4n) is 2.68. The van der Waals surface area contributed by atoms with Gasteiger partial charge < -0.3 is 15.4 Å². The molecule has 0 radical (unpaired) electrons. The van der Waals surface area contributed by atoms with E-state index in [4.69, 9.17) is 0 Å². The third-order valence-electron chi connectivity index (χ3n) is 4.09. The topological polar surface area (TPSA) is 82.2 Å². The molecule has 1 aromatic heterocycles. The molecule has 0 aliphatic rings. The number of pyridine rings is 1. The zero-order valence-electron chi connectivity index (χ0n) is 13.9. The molecule has 2 aromatic rings. The lowest BCUT2D eigenvalue weighted by molar-refractivity contribution is 0.0860. The van der Waals surface area contributed by atoms with Crippen molar-refractivity contribution in [3.63, 3.8) is 0 Å². The molecule has 2 atom stereocenters. The second-order valence-corrected chi connectivity index (χ2v) is 6.01. The first kappa shape index (κ1) is 17.9. The molecule has 0 aliphatic carbocycles. The molecule has 1 amide bonds. The van der Waals surface area contributed by atoms with Crippen LogP contribution in [0.15, 0.2) is 41.3 Å². The summed E-state index contributed by atoms with van der Waals surface area (Å²) >= 11 is 0. The summed E-state index contributed by atoms with van der Waals surface area (Å²) in [5.74, 6) is -0.339. The van der Waals surface area contributed by atoms with Crippen LogP contribution in [0.2, 0.25) is 0 Å². The molecule has 1 unspecified atom stereocenters. The molecule has 3 N–H and O–H groups in total. The molecule has 5 nitrogen and oxygen atoms in total. The molecule has 0 aliphatic heterocycles. The number of alkyl halides is 1. The highest BCUT2D eigenvalue weighted by Gasteiger charge is 2.28. The van der Waals surface area contributed by atoms with E-state index >= 15 is 0 Å². The number of rotatable bonds is 5. The van der Waals surface area contributed by atoms with E-state index in [0.29, 0.717) is 16.7 Å². The number of halogens is 1. The molecule has 0 bridgehead atoms. The lowest BCUT2D eigenvalue weighted by Crippen LogP contribution is -2.29. The molecule has 1 aromatic carbocycles. The van der Waals surface area contributed by atoms with E-state index in [1.54, 1.807) is 26.0 Å². The van der Waals surface area contributed by atoms with Gasteiger partial charge in [0.05, 0.1) is 18.2 Å². The Morgan fingerprint density at radius 1 is 1.38 bits per heavy atom. The third-order valence-corrected chi connectivity index (χ3v) is 4.09. The van der Waals surface area contributed by atoms with Crippen LogP contribution in [0.1, 0.15) is 46.9 Å². The van der Waals surface area contributed by atoms with Crippen LogP contribution in [0, 0.1) is 6.92 Å². The maximum absolute atomic E-state index is 14.5. The van der Waals surface area contributed by atoms with Gasteiger partial charge in [-0.05, 0) is 43.5 Å². The van der Waals surface area contributed by atoms with Gasteiger partial charge in [0.15, 0.2) is 5.67 Å². The minimum absolute atomic E-state index is 0.283. The van der Waals surface area contributed by atoms with Gasteiger partial charge in [-0.1, -0.05) is 18.2 Å². The van der Waals surface area contributed by atoms with Crippen molar-refractivity contribution in [2.75, 3.05) is 6.61 Å². The molecular formula is C18H21FN2O3. The molecule has 128 valence electrons. The second kappa shape index (κ2) is 6.97. The standard InChI is InChI=1S/C18H21FN2O3/c1-11-14(5-4-6-15(11)18(3,19)10-22)12(2)21-17(24)13-7-8-16(23)20-9-13/h4-9,12,22H,10H2,1-3H3,(H,20,23)(H,21,24)/t12-,18?/m1/s1. The van der Waals surface area contributed by atoms with Crippen LogP contribution in [0.3, 0.4) is 0 Å². The van der Waals surface area contributed by atoms with Crippen molar-refractivity contribution in [1.82, 2.24) is 10.3 Å². The summed E-state index contributed by atoms with van der Waals surface area (Å²) in [7, 11) is 0. The van der Waals surface area contributed by atoms with Crippen molar-refractivity contribution in [2.45, 2.75) is 32.5 Å². The smallest absolute Gasteiger partial charge is 0.253 e. The first-order chi connectivity index (χ1) is 11.3. The summed E-state index contributed by atoms with van der Waals surface area (Å²) in [5.41, 5.74) is 0.0549. The normalized spacial score (nSPS) is 14.7. The Morgan fingerprint density at radius 2 is 2.08 bits per heavy atom. The van der Waals surface area contributed by atoms with Gasteiger partial charge in [0.25, 0.3) is 5.91 Å². The summed E-state index contributed by atoms with van der Waals surface area (Å²) in [4.78, 5) is 25.7. The summed E-state index contributed by atoms with van der Waals surface area (Å²) in [5, 5.41) is 12.1. The van der Waals surface area contributed by atoms with E-state index in [-0.39, 0.29) is 17.5 Å². The molecule has 0 saturated heterocycles. The zero-order chi connectivity index (χ0) is 17.9. The van der Waals surface area contributed by atoms with Gasteiger partial charge in [-0.2, -0.15) is 0 Å². The number of nitrogens with one attached hydrogen (secondary N) is 2. The van der Waals surface area contributed by atoms with Crippen molar-refractivity contribution in [1.29, 1.82) is 0 Å². The van der Waals surface area contributed by atoms with Gasteiger partial charge in [-0.15, -0.1) is 0 Å². The second-order valence-electron chi connectivity index (χ2n) is 6.01. The maximum atomic E-state index is 14.5. The predicted octanol–water partition coefficient (Wildman–Crippen LogP) is 2.35. The summed E-state index contributed by atoms with van der Waals surface area (Å²) < 4.78 is 14.5. The van der Waals surface area contributed by atoms with Crippen molar-refractivity contribution in [2.24, 2.45) is 0 Å². The average Bonchev–Trinajstić information content (AvgIpc) is 2.55. The van der Waals surface area contributed by atoms with Gasteiger partial charge in [0, 0.05) is 12.3 Å². The average molecular weight is 332 g/mol. The highest BCUT2D eigenvalue weighted by Crippen LogP contribution is 2.31. The number of hydrogen-bond acceptors (Lipinski definition) is 3. The summed E-state index contributed by atoms with van der Waals surface area (Å²) in [6, 6.07) is 7.50. The highest BCUT2D eigenvalue weighted by atomic mass is 19.1. The first-order valence-corrected chi connectivity index (χ1v) is 7.65. The van der Waals surface area contributed by atoms with E-state index in [0.717, 1.165) is 5.56 Å². The fraction of sp³-hybridized carbons (Fsp3) is 0.333. The van der Waals surface area contributed by atoms with Crippen molar-refractivity contribution in [3.05, 3.63) is 69.1 Å². The van der Waals surface area contributed by atoms with Crippen LogP contribution in [-0.2, 0) is 5.67 Å². The molecule has 24 heavy (non-hydrogen) atoms. The summed E-state index contributed by atoms with van der Waals surface area (Å²) in [6.45, 7) is 4.27. The largest absolute Gasteiger partial charge is 0.393 e. The molecule has 6 heteroatoms. The van der Waals surface area contributed by atoms with Gasteiger partial charge in [0.2, 0.25) is 5.56 Å². The molecule has 1 heterocycles. The maximum Gasteiger partial charge on any atom is 0.253 e. The molecule has 0 spiro atoms. The van der Waals surface area contributed by atoms with Crippen LogP contribution in [-0.4, -0.2) is 22.6 Å². The number of benzene rings is 1. The van der Waals surface area contributed by atoms with E-state index in [2.05, 4.69) is 10.3 Å². The third kappa shape index (κ3) is 3.71. The Kier molecular flexibility index (Phi) is 5.19. The van der Waals surface area contributed by atoms with E-state index < -0.39 is 12.3 Å². The number of H-pyrrole nitrogens is 1. The number of aliphatic hydroxyl groups is 1. The number of carbonyl (C=O) groups excluding carboxylic acids is 1. The number of hydrogen-bond donors (Lipinski definition) is 3. The van der Waals surface area contributed by atoms with Gasteiger partial charge >= 0.3 is 0 Å². The number of aliphatic hydroxyl groups excluding tert-OH is 1. The SMILES string of the molecule is Cc1c([C@@H](C)NC(=O)c2ccc(=O)[nH]c2)cccc1C(C)(F)CO. The number of carbonyl (C=O) groups is 1. The number of aromatic nitrogens is 1. The Bertz CT molecular complexity index is 779. The lowest BCUT2D eigenvalue weighted by atomic mass is 9.89. The van der Waals surface area contributed by atoms with Gasteiger partial charge in [-0.3, -0.25) is 9.59 Å². The zero-order valence-corrected chi connectivity index (χ0v) is 13.9. The van der Waals surface area contributed by atoms with Crippen molar-refractivity contribution >= 4 is 5.91 Å². The monoisotopic (exact) mass is 332 g/mol. The van der Waals surface area contributed by atoms with Crippen LogP contribution < -0.4 is 10.9 Å². The molecule has 2 rings (SSSR count). The molecule has 0 saturated carbocycles. The highest BCUT2D eigenvalue weighted by molar-refractivity contribution is 5.94. The first-order valence-electron chi connectivity index (χ1n) is 7.65. The van der Waals surface area contributed by atoms with Gasteiger partial charge in [-0.25, -0.2) is 4.39 Å². The number of amides is 1. The van der Waals surface area contributed by atoms with E-state index in [9.17, 15) is 19.1 Å².